The minimum atomic E-state index is -0.348. The third-order valence-corrected chi connectivity index (χ3v) is 4.63. The SMILES string of the molecule is CCOc1ccc(OCc2ccc(C(=O)NNC(=O)C[C@H]3C=CCC3)cc2)cc1. The van der Waals surface area contributed by atoms with Gasteiger partial charge in [0, 0.05) is 12.0 Å². The number of allylic oxidation sites excluding steroid dienone is 2. The Kier molecular flexibility index (Phi) is 7.28. The highest BCUT2D eigenvalue weighted by atomic mass is 16.5. The first-order chi connectivity index (χ1) is 14.1. The quantitative estimate of drug-likeness (QED) is 0.528. The van der Waals surface area contributed by atoms with E-state index >= 15 is 0 Å². The zero-order valence-electron chi connectivity index (χ0n) is 16.5. The summed E-state index contributed by atoms with van der Waals surface area (Å²) in [7, 11) is 0. The standard InChI is InChI=1S/C23H26N2O4/c1-2-28-20-11-13-21(14-12-20)29-16-18-7-9-19(10-8-18)23(27)25-24-22(26)15-17-5-3-4-6-17/h3,5,7-14,17H,2,4,6,15-16H2,1H3,(H,24,26)(H,25,27)/t17-/m0/s1. The molecule has 152 valence electrons. The molecule has 0 aliphatic heterocycles. The number of nitrogens with one attached hydrogen (secondary N) is 2. The molecule has 0 unspecified atom stereocenters. The van der Waals surface area contributed by atoms with Gasteiger partial charge in [-0.25, -0.2) is 0 Å². The monoisotopic (exact) mass is 394 g/mol. The van der Waals surface area contributed by atoms with E-state index in [-0.39, 0.29) is 17.7 Å². The van der Waals surface area contributed by atoms with Crippen LogP contribution in [-0.2, 0) is 11.4 Å². The lowest BCUT2D eigenvalue weighted by Crippen LogP contribution is -2.42. The minimum Gasteiger partial charge on any atom is -0.494 e. The number of amides is 2. The van der Waals surface area contributed by atoms with Crippen LogP contribution in [0.25, 0.3) is 0 Å². The van der Waals surface area contributed by atoms with Gasteiger partial charge in [-0.2, -0.15) is 0 Å². The lowest BCUT2D eigenvalue weighted by Gasteiger charge is -2.11. The number of rotatable bonds is 8. The number of ether oxygens (including phenoxy) is 2. The number of hydrogen-bond acceptors (Lipinski definition) is 4. The molecule has 29 heavy (non-hydrogen) atoms. The molecule has 2 aromatic carbocycles. The van der Waals surface area contributed by atoms with Gasteiger partial charge in [0.25, 0.3) is 5.91 Å². The highest BCUT2D eigenvalue weighted by Gasteiger charge is 2.14. The van der Waals surface area contributed by atoms with Gasteiger partial charge < -0.3 is 9.47 Å². The highest BCUT2D eigenvalue weighted by molar-refractivity contribution is 5.95. The molecule has 2 N–H and O–H groups in total. The van der Waals surface area contributed by atoms with Crippen molar-refractivity contribution in [1.29, 1.82) is 0 Å². The van der Waals surface area contributed by atoms with Crippen molar-refractivity contribution in [2.24, 2.45) is 5.92 Å². The summed E-state index contributed by atoms with van der Waals surface area (Å²) < 4.78 is 11.2. The van der Waals surface area contributed by atoms with E-state index in [1.165, 1.54) is 0 Å². The van der Waals surface area contributed by atoms with Crippen LogP contribution in [0, 0.1) is 5.92 Å². The summed E-state index contributed by atoms with van der Waals surface area (Å²) in [6.07, 6.45) is 6.52. The molecule has 2 aromatic rings. The first kappa shape index (κ1) is 20.5. The minimum absolute atomic E-state index is 0.185. The summed E-state index contributed by atoms with van der Waals surface area (Å²) in [5, 5.41) is 0. The molecule has 6 heteroatoms. The summed E-state index contributed by atoms with van der Waals surface area (Å²) in [6, 6.07) is 14.5. The second-order valence-corrected chi connectivity index (χ2v) is 6.86. The molecule has 0 aromatic heterocycles. The zero-order valence-corrected chi connectivity index (χ0v) is 16.5. The fraction of sp³-hybridized carbons (Fsp3) is 0.304. The molecule has 0 heterocycles. The van der Waals surface area contributed by atoms with Gasteiger partial charge in [-0.15, -0.1) is 0 Å². The Morgan fingerprint density at radius 3 is 2.28 bits per heavy atom. The predicted molar refractivity (Wildman–Crippen MR) is 110 cm³/mol. The van der Waals surface area contributed by atoms with E-state index in [1.54, 1.807) is 12.1 Å². The Labute approximate surface area is 170 Å². The van der Waals surface area contributed by atoms with Gasteiger partial charge >= 0.3 is 0 Å². The number of hydrazine groups is 1. The Balaban J connectivity index is 1.43. The van der Waals surface area contributed by atoms with Crippen molar-refractivity contribution in [3.8, 4) is 11.5 Å². The summed E-state index contributed by atoms with van der Waals surface area (Å²) in [5.74, 6) is 1.29. The van der Waals surface area contributed by atoms with Gasteiger partial charge in [-0.05, 0) is 67.6 Å². The Hall–Kier alpha value is -3.28. The normalized spacial score (nSPS) is 15.0. The fourth-order valence-electron chi connectivity index (χ4n) is 3.07. The van der Waals surface area contributed by atoms with Crippen LogP contribution in [0.1, 0.15) is 42.1 Å². The summed E-state index contributed by atoms with van der Waals surface area (Å²) in [6.45, 7) is 2.96. The average molecular weight is 394 g/mol. The van der Waals surface area contributed by atoms with Crippen LogP contribution in [-0.4, -0.2) is 18.4 Å². The lowest BCUT2D eigenvalue weighted by atomic mass is 10.1. The van der Waals surface area contributed by atoms with E-state index in [1.807, 2.05) is 43.3 Å². The van der Waals surface area contributed by atoms with E-state index in [0.29, 0.717) is 25.2 Å². The molecule has 1 aliphatic rings. The van der Waals surface area contributed by atoms with Crippen molar-refractivity contribution >= 4 is 11.8 Å². The van der Waals surface area contributed by atoms with Crippen molar-refractivity contribution < 1.29 is 19.1 Å². The van der Waals surface area contributed by atoms with E-state index in [2.05, 4.69) is 23.0 Å². The maximum absolute atomic E-state index is 12.2. The van der Waals surface area contributed by atoms with Crippen LogP contribution >= 0.6 is 0 Å². The van der Waals surface area contributed by atoms with E-state index in [9.17, 15) is 9.59 Å². The average Bonchev–Trinajstić information content (AvgIpc) is 3.25. The van der Waals surface area contributed by atoms with E-state index in [0.717, 1.165) is 29.9 Å². The van der Waals surface area contributed by atoms with Crippen molar-refractivity contribution in [2.45, 2.75) is 32.8 Å². The largest absolute Gasteiger partial charge is 0.494 e. The summed E-state index contributed by atoms with van der Waals surface area (Å²) in [5.41, 5.74) is 6.34. The molecule has 2 amide bonds. The Morgan fingerprint density at radius 2 is 1.66 bits per heavy atom. The molecule has 6 nitrogen and oxygen atoms in total. The second-order valence-electron chi connectivity index (χ2n) is 6.86. The van der Waals surface area contributed by atoms with Crippen LogP contribution in [0.4, 0.5) is 0 Å². The third kappa shape index (κ3) is 6.38. The van der Waals surface area contributed by atoms with Gasteiger partial charge in [0.05, 0.1) is 6.61 Å². The molecule has 0 saturated heterocycles. The molecule has 0 radical (unpaired) electrons. The van der Waals surface area contributed by atoms with Crippen LogP contribution < -0.4 is 20.3 Å². The molecule has 0 bridgehead atoms. The molecule has 0 spiro atoms. The number of carbonyl (C=O) groups is 2. The lowest BCUT2D eigenvalue weighted by molar-refractivity contribution is -0.122. The summed E-state index contributed by atoms with van der Waals surface area (Å²) >= 11 is 0. The van der Waals surface area contributed by atoms with Crippen LogP contribution in [0.3, 0.4) is 0 Å². The van der Waals surface area contributed by atoms with E-state index in [4.69, 9.17) is 9.47 Å². The third-order valence-electron chi connectivity index (χ3n) is 4.63. The molecular weight excluding hydrogens is 368 g/mol. The predicted octanol–water partition coefficient (Wildman–Crippen LogP) is 3.78. The van der Waals surface area contributed by atoms with Crippen molar-refractivity contribution in [3.05, 3.63) is 71.8 Å². The molecule has 1 atom stereocenters. The Morgan fingerprint density at radius 1 is 0.966 bits per heavy atom. The molecule has 1 aliphatic carbocycles. The number of carbonyl (C=O) groups excluding carboxylic acids is 2. The maximum atomic E-state index is 12.2. The van der Waals surface area contributed by atoms with Gasteiger partial charge in [-0.1, -0.05) is 24.3 Å². The zero-order chi connectivity index (χ0) is 20.5. The van der Waals surface area contributed by atoms with Crippen molar-refractivity contribution in [3.63, 3.8) is 0 Å². The van der Waals surface area contributed by atoms with Crippen LogP contribution in [0.2, 0.25) is 0 Å². The van der Waals surface area contributed by atoms with Gasteiger partial charge in [0.2, 0.25) is 5.91 Å². The molecular formula is C23H26N2O4. The summed E-state index contributed by atoms with van der Waals surface area (Å²) in [4.78, 5) is 24.1. The van der Waals surface area contributed by atoms with Gasteiger partial charge in [0.15, 0.2) is 0 Å². The van der Waals surface area contributed by atoms with Gasteiger partial charge in [0.1, 0.15) is 18.1 Å². The molecule has 0 fully saturated rings. The van der Waals surface area contributed by atoms with Crippen LogP contribution in [0.5, 0.6) is 11.5 Å². The molecule has 0 saturated carbocycles. The van der Waals surface area contributed by atoms with Crippen molar-refractivity contribution in [2.75, 3.05) is 6.61 Å². The topological polar surface area (TPSA) is 76.7 Å². The molecule has 3 rings (SSSR count). The van der Waals surface area contributed by atoms with Crippen molar-refractivity contribution in [1.82, 2.24) is 10.9 Å². The van der Waals surface area contributed by atoms with Crippen LogP contribution in [0.15, 0.2) is 60.7 Å². The fourth-order valence-corrected chi connectivity index (χ4v) is 3.07. The van der Waals surface area contributed by atoms with E-state index < -0.39 is 0 Å². The Bertz CT molecular complexity index is 844. The van der Waals surface area contributed by atoms with Gasteiger partial charge in [-0.3, -0.25) is 20.4 Å². The number of hydrogen-bond donors (Lipinski definition) is 2. The second kappa shape index (κ2) is 10.3. The first-order valence-corrected chi connectivity index (χ1v) is 9.84. The first-order valence-electron chi connectivity index (χ1n) is 9.84. The smallest absolute Gasteiger partial charge is 0.269 e. The number of benzene rings is 2. The highest BCUT2D eigenvalue weighted by Crippen LogP contribution is 2.20. The maximum Gasteiger partial charge on any atom is 0.269 e.